The summed E-state index contributed by atoms with van der Waals surface area (Å²) in [5.74, 6) is -0.0847. The maximum absolute atomic E-state index is 12.9. The van der Waals surface area contributed by atoms with Crippen LogP contribution in [0.4, 0.5) is 0 Å². The van der Waals surface area contributed by atoms with Crippen molar-refractivity contribution >= 4 is 16.8 Å². The predicted molar refractivity (Wildman–Crippen MR) is 103 cm³/mol. The number of carbonyl (C=O) groups is 1. The average molecular weight is 364 g/mol. The molecule has 1 aromatic carbocycles. The van der Waals surface area contributed by atoms with E-state index in [-0.39, 0.29) is 11.9 Å². The van der Waals surface area contributed by atoms with Crippen LogP contribution in [-0.4, -0.2) is 56.0 Å². The Kier molecular flexibility index (Phi) is 3.79. The smallest absolute Gasteiger partial charge is 0.272 e. The summed E-state index contributed by atoms with van der Waals surface area (Å²) in [6.07, 6.45) is 8.34. The number of nitrogens with one attached hydrogen (secondary N) is 2. The summed E-state index contributed by atoms with van der Waals surface area (Å²) in [4.78, 5) is 15.4. The van der Waals surface area contributed by atoms with Crippen molar-refractivity contribution in [2.45, 2.75) is 43.8 Å². The first-order valence-electron chi connectivity index (χ1n) is 9.58. The van der Waals surface area contributed by atoms with Crippen molar-refractivity contribution in [3.8, 4) is 11.1 Å². The fourth-order valence-electron chi connectivity index (χ4n) is 4.72. The molecular weight excluding hydrogens is 340 g/mol. The number of hydrogen-bond donors (Lipinski definition) is 2. The SMILES string of the molecule is CN1C2CCC1CC(NC(=O)c1n[nH]c3ccc(-c4cnn(C)c4)cc13)C2. The van der Waals surface area contributed by atoms with Crippen molar-refractivity contribution in [2.24, 2.45) is 7.05 Å². The molecule has 4 heterocycles. The number of aryl methyl sites for hydroxylation is 1. The summed E-state index contributed by atoms with van der Waals surface area (Å²) in [5, 5.41) is 15.6. The third kappa shape index (κ3) is 2.82. The van der Waals surface area contributed by atoms with E-state index in [1.54, 1.807) is 4.68 Å². The van der Waals surface area contributed by atoms with E-state index in [1.807, 2.05) is 37.6 Å². The molecule has 2 unspecified atom stereocenters. The number of fused-ring (bicyclic) bond motifs is 3. The highest BCUT2D eigenvalue weighted by atomic mass is 16.2. The Morgan fingerprint density at radius 3 is 2.67 bits per heavy atom. The van der Waals surface area contributed by atoms with Gasteiger partial charge >= 0.3 is 0 Å². The van der Waals surface area contributed by atoms with E-state index in [1.165, 1.54) is 12.8 Å². The molecule has 2 aliphatic heterocycles. The van der Waals surface area contributed by atoms with Gasteiger partial charge in [0.05, 0.1) is 11.7 Å². The molecule has 7 heteroatoms. The van der Waals surface area contributed by atoms with E-state index in [0.29, 0.717) is 17.8 Å². The number of amides is 1. The number of rotatable bonds is 3. The molecule has 0 spiro atoms. The molecule has 27 heavy (non-hydrogen) atoms. The first-order valence-corrected chi connectivity index (χ1v) is 9.58. The Hall–Kier alpha value is -2.67. The number of piperidine rings is 1. The van der Waals surface area contributed by atoms with Crippen molar-refractivity contribution in [3.63, 3.8) is 0 Å². The Balaban J connectivity index is 1.40. The third-order valence-electron chi connectivity index (χ3n) is 6.25. The van der Waals surface area contributed by atoms with Crippen LogP contribution in [0.2, 0.25) is 0 Å². The monoisotopic (exact) mass is 364 g/mol. The lowest BCUT2D eigenvalue weighted by atomic mass is 9.97. The molecule has 2 fully saturated rings. The van der Waals surface area contributed by atoms with Crippen LogP contribution in [0.1, 0.15) is 36.2 Å². The van der Waals surface area contributed by atoms with Gasteiger partial charge in [0.15, 0.2) is 5.69 Å². The number of aromatic amines is 1. The normalized spacial score (nSPS) is 25.2. The largest absolute Gasteiger partial charge is 0.348 e. The van der Waals surface area contributed by atoms with Gasteiger partial charge in [0.25, 0.3) is 5.91 Å². The number of aromatic nitrogens is 4. The summed E-state index contributed by atoms with van der Waals surface area (Å²) in [6, 6.07) is 7.44. The van der Waals surface area contributed by atoms with Crippen LogP contribution in [0, 0.1) is 0 Å². The average Bonchev–Trinajstić information content (AvgIpc) is 3.31. The van der Waals surface area contributed by atoms with Crippen molar-refractivity contribution in [3.05, 3.63) is 36.3 Å². The van der Waals surface area contributed by atoms with Gasteiger partial charge in [-0.15, -0.1) is 0 Å². The Labute approximate surface area is 157 Å². The lowest BCUT2D eigenvalue weighted by Gasteiger charge is -2.36. The molecule has 2 aromatic heterocycles. The van der Waals surface area contributed by atoms with Crippen LogP contribution < -0.4 is 5.32 Å². The molecule has 1 amide bonds. The van der Waals surface area contributed by atoms with Gasteiger partial charge in [-0.1, -0.05) is 6.07 Å². The molecule has 7 nitrogen and oxygen atoms in total. The van der Waals surface area contributed by atoms with Crippen molar-refractivity contribution in [1.29, 1.82) is 0 Å². The van der Waals surface area contributed by atoms with Gasteiger partial charge in [-0.05, 0) is 50.4 Å². The van der Waals surface area contributed by atoms with Crippen LogP contribution in [0.5, 0.6) is 0 Å². The highest BCUT2D eigenvalue weighted by Gasteiger charge is 2.39. The van der Waals surface area contributed by atoms with E-state index in [2.05, 4.69) is 32.6 Å². The zero-order valence-electron chi connectivity index (χ0n) is 15.6. The van der Waals surface area contributed by atoms with Crippen molar-refractivity contribution in [1.82, 2.24) is 30.2 Å². The quantitative estimate of drug-likeness (QED) is 0.748. The van der Waals surface area contributed by atoms with E-state index >= 15 is 0 Å². The summed E-state index contributed by atoms with van der Waals surface area (Å²) in [7, 11) is 4.11. The topological polar surface area (TPSA) is 78.8 Å². The second-order valence-corrected chi connectivity index (χ2v) is 7.93. The van der Waals surface area contributed by atoms with E-state index in [4.69, 9.17) is 0 Å². The summed E-state index contributed by atoms with van der Waals surface area (Å²) in [5.41, 5.74) is 3.40. The second-order valence-electron chi connectivity index (χ2n) is 7.93. The maximum atomic E-state index is 12.9. The number of carbonyl (C=O) groups excluding carboxylic acids is 1. The first-order chi connectivity index (χ1) is 13.1. The maximum Gasteiger partial charge on any atom is 0.272 e. The van der Waals surface area contributed by atoms with Gasteiger partial charge in [-0.3, -0.25) is 14.6 Å². The molecule has 0 radical (unpaired) electrons. The van der Waals surface area contributed by atoms with Crippen LogP contribution in [0.15, 0.2) is 30.6 Å². The molecule has 3 aromatic rings. The van der Waals surface area contributed by atoms with Gasteiger partial charge in [0.1, 0.15) is 0 Å². The minimum absolute atomic E-state index is 0.0847. The van der Waals surface area contributed by atoms with Gasteiger partial charge in [-0.25, -0.2) is 0 Å². The number of hydrogen-bond acceptors (Lipinski definition) is 4. The van der Waals surface area contributed by atoms with Crippen molar-refractivity contribution in [2.75, 3.05) is 7.05 Å². The Morgan fingerprint density at radius 1 is 1.19 bits per heavy atom. The molecule has 0 aliphatic carbocycles. The minimum Gasteiger partial charge on any atom is -0.348 e. The lowest BCUT2D eigenvalue weighted by Crippen LogP contribution is -2.48. The highest BCUT2D eigenvalue weighted by Crippen LogP contribution is 2.34. The van der Waals surface area contributed by atoms with Crippen LogP contribution in [0.25, 0.3) is 22.0 Å². The molecule has 0 saturated carbocycles. The molecule has 2 bridgehead atoms. The Morgan fingerprint density at radius 2 is 1.96 bits per heavy atom. The molecule has 2 aliphatic rings. The number of benzene rings is 1. The van der Waals surface area contributed by atoms with Gasteiger partial charge < -0.3 is 10.2 Å². The predicted octanol–water partition coefficient (Wildman–Crippen LogP) is 2.32. The van der Waals surface area contributed by atoms with E-state index in [9.17, 15) is 4.79 Å². The molecule has 2 atom stereocenters. The Bertz CT molecular complexity index is 991. The van der Waals surface area contributed by atoms with Crippen LogP contribution in [0.3, 0.4) is 0 Å². The van der Waals surface area contributed by atoms with Gasteiger partial charge in [0, 0.05) is 42.3 Å². The van der Waals surface area contributed by atoms with E-state index < -0.39 is 0 Å². The molecule has 2 saturated heterocycles. The zero-order chi connectivity index (χ0) is 18.5. The molecule has 2 N–H and O–H groups in total. The highest BCUT2D eigenvalue weighted by molar-refractivity contribution is 6.05. The molecular formula is C20H24N6O. The van der Waals surface area contributed by atoms with Crippen molar-refractivity contribution < 1.29 is 4.79 Å². The van der Waals surface area contributed by atoms with Gasteiger partial charge in [-0.2, -0.15) is 10.2 Å². The third-order valence-corrected chi connectivity index (χ3v) is 6.25. The fraction of sp³-hybridized carbons (Fsp3) is 0.450. The summed E-state index contributed by atoms with van der Waals surface area (Å²) < 4.78 is 1.77. The molecule has 140 valence electrons. The lowest BCUT2D eigenvalue weighted by molar-refractivity contribution is 0.0879. The molecule has 5 rings (SSSR count). The van der Waals surface area contributed by atoms with Crippen LogP contribution >= 0.6 is 0 Å². The number of H-pyrrole nitrogens is 1. The summed E-state index contributed by atoms with van der Waals surface area (Å²) in [6.45, 7) is 0. The minimum atomic E-state index is -0.0847. The van der Waals surface area contributed by atoms with E-state index in [0.717, 1.165) is 34.9 Å². The summed E-state index contributed by atoms with van der Waals surface area (Å²) >= 11 is 0. The second kappa shape index (κ2) is 6.20. The number of nitrogens with zero attached hydrogens (tertiary/aromatic N) is 4. The fourth-order valence-corrected chi connectivity index (χ4v) is 4.72. The standard InChI is InChI=1S/C20H24N6O/c1-25-11-13(10-21-25)12-3-6-18-17(7-12)19(24-23-18)20(27)22-14-8-15-4-5-16(9-14)26(15)2/h3,6-7,10-11,14-16H,4-5,8-9H2,1-2H3,(H,22,27)(H,23,24). The van der Waals surface area contributed by atoms with Crippen LogP contribution in [-0.2, 0) is 7.05 Å². The first kappa shape index (κ1) is 16.5. The van der Waals surface area contributed by atoms with Gasteiger partial charge in [0.2, 0.25) is 0 Å². The zero-order valence-corrected chi connectivity index (χ0v) is 15.6.